The summed E-state index contributed by atoms with van der Waals surface area (Å²) in [5.74, 6) is 1.21. The maximum absolute atomic E-state index is 13.9. The van der Waals surface area contributed by atoms with E-state index in [1.165, 1.54) is 51.6 Å². The number of nitrogens with one attached hydrogen (secondary N) is 2. The summed E-state index contributed by atoms with van der Waals surface area (Å²) in [6, 6.07) is 0.571. The average Bonchev–Trinajstić information content (AvgIpc) is 3.54. The molecule has 8 atom stereocenters. The number of hydrogen-bond donors (Lipinski definition) is 2. The molecule has 1 amide bonds. The fraction of sp³-hybridized carbons (Fsp3) is 0.879. The molecule has 0 bridgehead atoms. The van der Waals surface area contributed by atoms with Gasteiger partial charge in [0.15, 0.2) is 5.78 Å². The van der Waals surface area contributed by atoms with Crippen molar-refractivity contribution in [2.75, 3.05) is 65.6 Å². The largest absolute Gasteiger partial charge is 0.379 e. The van der Waals surface area contributed by atoms with Crippen LogP contribution in [0.1, 0.15) is 70.6 Å². The molecular formula is C33H53N5O4. The van der Waals surface area contributed by atoms with E-state index >= 15 is 0 Å². The minimum atomic E-state index is -0.183. The van der Waals surface area contributed by atoms with E-state index in [2.05, 4.69) is 25.3 Å². The first-order valence-corrected chi connectivity index (χ1v) is 17.4. The normalized spacial score (nSPS) is 38.8. The van der Waals surface area contributed by atoms with Crippen LogP contribution >= 0.6 is 0 Å². The topological polar surface area (TPSA) is 86.4 Å². The number of amides is 1. The Balaban J connectivity index is 1.06. The summed E-state index contributed by atoms with van der Waals surface area (Å²) >= 11 is 0. The Labute approximate surface area is 252 Å². The van der Waals surface area contributed by atoms with Crippen LogP contribution < -0.4 is 10.6 Å². The molecule has 7 aliphatic rings. The highest BCUT2D eigenvalue weighted by Gasteiger charge is 2.57. The predicted octanol–water partition coefficient (Wildman–Crippen LogP) is 2.16. The van der Waals surface area contributed by atoms with Crippen molar-refractivity contribution in [3.05, 3.63) is 11.8 Å². The summed E-state index contributed by atoms with van der Waals surface area (Å²) in [5, 5.41) is 6.99. The third-order valence-electron chi connectivity index (χ3n) is 11.8. The molecule has 0 radical (unpaired) electrons. The molecule has 0 aromatic heterocycles. The molecule has 9 heteroatoms. The molecule has 0 spiro atoms. The lowest BCUT2D eigenvalue weighted by Gasteiger charge is -2.60. The van der Waals surface area contributed by atoms with Crippen molar-refractivity contribution in [3.8, 4) is 0 Å². The van der Waals surface area contributed by atoms with Crippen molar-refractivity contribution in [3.63, 3.8) is 0 Å². The van der Waals surface area contributed by atoms with Gasteiger partial charge in [0.1, 0.15) is 0 Å². The first-order chi connectivity index (χ1) is 20.7. The summed E-state index contributed by atoms with van der Waals surface area (Å²) in [6.07, 6.45) is 15.1. The van der Waals surface area contributed by atoms with Crippen LogP contribution in [0.15, 0.2) is 11.8 Å². The summed E-state index contributed by atoms with van der Waals surface area (Å²) in [6.45, 7) is 9.53. The van der Waals surface area contributed by atoms with E-state index in [1.54, 1.807) is 0 Å². The summed E-state index contributed by atoms with van der Waals surface area (Å²) in [4.78, 5) is 34.9. The Morgan fingerprint density at radius 2 is 1.64 bits per heavy atom. The number of carbonyl (C=O) groups is 2. The van der Waals surface area contributed by atoms with Crippen molar-refractivity contribution in [2.24, 2.45) is 17.8 Å². The zero-order valence-corrected chi connectivity index (χ0v) is 25.5. The van der Waals surface area contributed by atoms with E-state index in [0.717, 1.165) is 89.9 Å². The SMILES string of the molecule is O=C(NCCCN1CCOCC1)C1=CN2C3CC4CCCCC4CC3OC3C(NCCN4CCCC4)CCC(C1=O)C32. The molecule has 4 heterocycles. The number of carbonyl (C=O) groups excluding carboxylic acids is 2. The van der Waals surface area contributed by atoms with Crippen LogP contribution in [0.5, 0.6) is 0 Å². The second-order valence-electron chi connectivity index (χ2n) is 14.2. The van der Waals surface area contributed by atoms with Crippen LogP contribution in [0.3, 0.4) is 0 Å². The molecule has 9 nitrogen and oxygen atoms in total. The van der Waals surface area contributed by atoms with E-state index in [4.69, 9.17) is 9.47 Å². The number of Topliss-reactive ketones (excluding diaryl/α,β-unsaturated/α-hetero) is 1. The smallest absolute Gasteiger partial charge is 0.256 e. The number of nitrogens with zero attached hydrogens (tertiary/aromatic N) is 3. The Morgan fingerprint density at radius 3 is 2.45 bits per heavy atom. The van der Waals surface area contributed by atoms with Gasteiger partial charge in [-0.25, -0.2) is 0 Å². The van der Waals surface area contributed by atoms with E-state index in [9.17, 15) is 9.59 Å². The Bertz CT molecular complexity index is 995. The average molecular weight is 584 g/mol. The molecule has 8 unspecified atom stereocenters. The van der Waals surface area contributed by atoms with Crippen LogP contribution in [0.2, 0.25) is 0 Å². The molecule has 2 N–H and O–H groups in total. The second kappa shape index (κ2) is 13.2. The van der Waals surface area contributed by atoms with Crippen molar-refractivity contribution in [1.29, 1.82) is 0 Å². The van der Waals surface area contributed by atoms with E-state index < -0.39 is 0 Å². The van der Waals surface area contributed by atoms with Crippen LogP contribution in [0.4, 0.5) is 0 Å². The van der Waals surface area contributed by atoms with Crippen molar-refractivity contribution in [2.45, 2.75) is 101 Å². The van der Waals surface area contributed by atoms with Gasteiger partial charge in [0.05, 0.1) is 43.1 Å². The van der Waals surface area contributed by atoms with Gasteiger partial charge in [0.2, 0.25) is 0 Å². The third-order valence-corrected chi connectivity index (χ3v) is 11.8. The standard InChI is InChI=1S/C33H53N5O4/c39-31-25-8-9-27(34-11-15-36-12-3-4-13-36)32-30(25)38(28-20-23-6-1-2-7-24(23)21-29(28)42-32)22-26(31)33(40)35-10-5-14-37-16-18-41-19-17-37/h22-25,27-30,32,34H,1-21H2,(H,35,40). The van der Waals surface area contributed by atoms with Crippen LogP contribution in [0, 0.1) is 17.8 Å². The van der Waals surface area contributed by atoms with Gasteiger partial charge in [-0.2, -0.15) is 0 Å². The van der Waals surface area contributed by atoms with Gasteiger partial charge in [-0.1, -0.05) is 25.7 Å². The molecule has 7 rings (SSSR count). The summed E-state index contributed by atoms with van der Waals surface area (Å²) < 4.78 is 12.5. The minimum absolute atomic E-state index is 0.00190. The lowest BCUT2D eigenvalue weighted by molar-refractivity contribution is -0.200. The zero-order valence-electron chi connectivity index (χ0n) is 25.5. The Kier molecular flexibility index (Phi) is 9.20. The highest BCUT2D eigenvalue weighted by Crippen LogP contribution is 2.49. The lowest BCUT2D eigenvalue weighted by atomic mass is 9.65. The predicted molar refractivity (Wildman–Crippen MR) is 161 cm³/mol. The maximum Gasteiger partial charge on any atom is 0.256 e. The monoisotopic (exact) mass is 583 g/mol. The molecular weight excluding hydrogens is 530 g/mol. The van der Waals surface area contributed by atoms with Gasteiger partial charge in [0, 0.05) is 50.9 Å². The van der Waals surface area contributed by atoms with Gasteiger partial charge in [-0.05, 0) is 76.4 Å². The van der Waals surface area contributed by atoms with E-state index in [0.29, 0.717) is 12.1 Å². The number of hydrogen-bond acceptors (Lipinski definition) is 8. The molecule has 4 aliphatic heterocycles. The molecule has 6 fully saturated rings. The van der Waals surface area contributed by atoms with Crippen molar-refractivity contribution >= 4 is 11.7 Å². The quantitative estimate of drug-likeness (QED) is 0.316. The minimum Gasteiger partial charge on any atom is -0.379 e. The Morgan fingerprint density at radius 1 is 0.881 bits per heavy atom. The fourth-order valence-electron chi connectivity index (χ4n) is 9.53. The zero-order chi connectivity index (χ0) is 28.5. The molecule has 3 saturated heterocycles. The summed E-state index contributed by atoms with van der Waals surface area (Å²) in [7, 11) is 0. The number of ketones is 1. The molecule has 3 saturated carbocycles. The fourth-order valence-corrected chi connectivity index (χ4v) is 9.53. The lowest BCUT2D eigenvalue weighted by Crippen LogP contribution is -2.71. The summed E-state index contributed by atoms with van der Waals surface area (Å²) in [5.41, 5.74) is 0.383. The van der Waals surface area contributed by atoms with E-state index in [-0.39, 0.29) is 47.9 Å². The first-order valence-electron chi connectivity index (χ1n) is 17.4. The van der Waals surface area contributed by atoms with Crippen LogP contribution in [-0.4, -0.2) is 122 Å². The number of morpholine rings is 2. The number of fused-ring (bicyclic) bond motifs is 3. The van der Waals surface area contributed by atoms with Gasteiger partial charge < -0.3 is 29.9 Å². The maximum atomic E-state index is 13.9. The number of likely N-dealkylation sites (tertiary alicyclic amines) is 1. The molecule has 234 valence electrons. The number of rotatable bonds is 9. The highest BCUT2D eigenvalue weighted by molar-refractivity contribution is 6.20. The van der Waals surface area contributed by atoms with Crippen molar-refractivity contribution < 1.29 is 19.1 Å². The number of ether oxygens (including phenoxy) is 2. The molecule has 42 heavy (non-hydrogen) atoms. The first kappa shape index (κ1) is 29.2. The third kappa shape index (κ3) is 6.06. The molecule has 0 aromatic carbocycles. The van der Waals surface area contributed by atoms with Gasteiger partial charge in [-0.15, -0.1) is 0 Å². The van der Waals surface area contributed by atoms with E-state index in [1.807, 2.05) is 6.20 Å². The molecule has 0 aromatic rings. The van der Waals surface area contributed by atoms with Crippen LogP contribution in [0.25, 0.3) is 0 Å². The van der Waals surface area contributed by atoms with Gasteiger partial charge in [-0.3, -0.25) is 14.5 Å². The van der Waals surface area contributed by atoms with Gasteiger partial charge in [0.25, 0.3) is 5.91 Å². The van der Waals surface area contributed by atoms with Crippen molar-refractivity contribution in [1.82, 2.24) is 25.3 Å². The second-order valence-corrected chi connectivity index (χ2v) is 14.2. The Hall–Kier alpha value is -1.52. The van der Waals surface area contributed by atoms with Crippen LogP contribution in [-0.2, 0) is 19.1 Å². The van der Waals surface area contributed by atoms with Gasteiger partial charge >= 0.3 is 0 Å². The highest BCUT2D eigenvalue weighted by atomic mass is 16.5. The molecule has 3 aliphatic carbocycles.